The summed E-state index contributed by atoms with van der Waals surface area (Å²) in [5.74, 6) is -0.500. The maximum atomic E-state index is 13.5. The third-order valence-electron chi connectivity index (χ3n) is 5.45. The maximum absolute atomic E-state index is 13.5. The van der Waals surface area contributed by atoms with Crippen molar-refractivity contribution in [2.45, 2.75) is 13.0 Å². The standard InChI is InChI=1S/C24H19N3O2/c28-23-21(19-7-2-1-3-8-19)22(26-15-12-18-6-4-5-9-20(18)26)24(29)27(23)16-17-10-13-25-14-11-17/h1-11,13-14H,12,15-16H2. The highest BCUT2D eigenvalue weighted by atomic mass is 16.2. The summed E-state index contributed by atoms with van der Waals surface area (Å²) in [6.07, 6.45) is 4.20. The van der Waals surface area contributed by atoms with E-state index in [0.29, 0.717) is 17.8 Å². The van der Waals surface area contributed by atoms with Crippen LogP contribution in [0.3, 0.4) is 0 Å². The fraction of sp³-hybridized carbons (Fsp3) is 0.125. The van der Waals surface area contributed by atoms with E-state index in [-0.39, 0.29) is 18.4 Å². The topological polar surface area (TPSA) is 53.5 Å². The van der Waals surface area contributed by atoms with Crippen LogP contribution in [-0.4, -0.2) is 28.2 Å². The van der Waals surface area contributed by atoms with Gasteiger partial charge in [-0.05, 0) is 41.3 Å². The van der Waals surface area contributed by atoms with E-state index in [4.69, 9.17) is 0 Å². The van der Waals surface area contributed by atoms with E-state index in [2.05, 4.69) is 11.1 Å². The summed E-state index contributed by atoms with van der Waals surface area (Å²) in [6.45, 7) is 0.919. The van der Waals surface area contributed by atoms with E-state index >= 15 is 0 Å². The molecule has 2 aliphatic heterocycles. The molecule has 142 valence electrons. The van der Waals surface area contributed by atoms with Crippen LogP contribution in [0, 0.1) is 0 Å². The molecule has 0 bridgehead atoms. The van der Waals surface area contributed by atoms with Gasteiger partial charge in [0.15, 0.2) is 0 Å². The van der Waals surface area contributed by atoms with Gasteiger partial charge in [0, 0.05) is 24.6 Å². The monoisotopic (exact) mass is 381 g/mol. The molecule has 3 heterocycles. The van der Waals surface area contributed by atoms with Crippen LogP contribution in [0.5, 0.6) is 0 Å². The minimum Gasteiger partial charge on any atom is -0.336 e. The summed E-state index contributed by atoms with van der Waals surface area (Å²) in [7, 11) is 0. The molecule has 3 aromatic rings. The molecule has 2 aliphatic rings. The number of hydrogen-bond acceptors (Lipinski definition) is 4. The zero-order valence-electron chi connectivity index (χ0n) is 15.8. The summed E-state index contributed by atoms with van der Waals surface area (Å²) >= 11 is 0. The molecule has 5 heteroatoms. The van der Waals surface area contributed by atoms with Gasteiger partial charge < -0.3 is 4.90 Å². The SMILES string of the molecule is O=C1C(c2ccccc2)=C(N2CCc3ccccc32)C(=O)N1Cc1ccncc1. The minimum absolute atomic E-state index is 0.232. The second-order valence-corrected chi connectivity index (χ2v) is 7.17. The van der Waals surface area contributed by atoms with Gasteiger partial charge in [-0.2, -0.15) is 0 Å². The first-order valence-corrected chi connectivity index (χ1v) is 9.64. The van der Waals surface area contributed by atoms with Crippen LogP contribution in [0.4, 0.5) is 5.69 Å². The van der Waals surface area contributed by atoms with Crippen molar-refractivity contribution >= 4 is 23.1 Å². The van der Waals surface area contributed by atoms with Gasteiger partial charge in [-0.3, -0.25) is 19.5 Å². The zero-order valence-corrected chi connectivity index (χ0v) is 15.8. The summed E-state index contributed by atoms with van der Waals surface area (Å²) in [4.78, 5) is 34.3. The molecule has 5 rings (SSSR count). The number of carbonyl (C=O) groups is 2. The smallest absolute Gasteiger partial charge is 0.278 e. The van der Waals surface area contributed by atoms with Crippen LogP contribution >= 0.6 is 0 Å². The molecule has 29 heavy (non-hydrogen) atoms. The first kappa shape index (κ1) is 17.4. The molecule has 0 spiro atoms. The van der Waals surface area contributed by atoms with Gasteiger partial charge in [-0.15, -0.1) is 0 Å². The predicted octanol–water partition coefficient (Wildman–Crippen LogP) is 3.42. The maximum Gasteiger partial charge on any atom is 0.278 e. The van der Waals surface area contributed by atoms with E-state index in [1.807, 2.05) is 65.6 Å². The third-order valence-corrected chi connectivity index (χ3v) is 5.45. The lowest BCUT2D eigenvalue weighted by Crippen LogP contribution is -2.34. The van der Waals surface area contributed by atoms with Gasteiger partial charge in [0.1, 0.15) is 5.70 Å². The van der Waals surface area contributed by atoms with Crippen molar-refractivity contribution in [3.05, 3.63) is 102 Å². The van der Waals surface area contributed by atoms with Crippen molar-refractivity contribution in [2.75, 3.05) is 11.4 Å². The molecular weight excluding hydrogens is 362 g/mol. The van der Waals surface area contributed by atoms with Crippen molar-refractivity contribution < 1.29 is 9.59 Å². The predicted molar refractivity (Wildman–Crippen MR) is 111 cm³/mol. The molecule has 0 saturated heterocycles. The summed E-state index contributed by atoms with van der Waals surface area (Å²) in [6, 6.07) is 21.2. The Bertz CT molecular complexity index is 1120. The first-order chi connectivity index (χ1) is 14.2. The van der Waals surface area contributed by atoms with Crippen LogP contribution in [0.1, 0.15) is 16.7 Å². The Hall–Kier alpha value is -3.73. The van der Waals surface area contributed by atoms with Crippen molar-refractivity contribution in [1.29, 1.82) is 0 Å². The molecule has 1 aromatic heterocycles. The van der Waals surface area contributed by atoms with Crippen molar-refractivity contribution in [3.8, 4) is 0 Å². The number of anilines is 1. The van der Waals surface area contributed by atoms with E-state index in [1.165, 1.54) is 10.5 Å². The number of para-hydroxylation sites is 1. The molecule has 5 nitrogen and oxygen atoms in total. The van der Waals surface area contributed by atoms with Gasteiger partial charge in [-0.1, -0.05) is 48.5 Å². The Morgan fingerprint density at radius 3 is 2.34 bits per heavy atom. The molecule has 0 saturated carbocycles. The number of pyridine rings is 1. The number of hydrogen-bond donors (Lipinski definition) is 0. The molecular formula is C24H19N3O2. The van der Waals surface area contributed by atoms with Crippen molar-refractivity contribution in [1.82, 2.24) is 9.88 Å². The Morgan fingerprint density at radius 2 is 1.55 bits per heavy atom. The molecule has 0 atom stereocenters. The Labute approximate surface area is 168 Å². The number of rotatable bonds is 4. The summed E-state index contributed by atoms with van der Waals surface area (Å²) < 4.78 is 0. The minimum atomic E-state index is -0.252. The average molecular weight is 381 g/mol. The second kappa shape index (κ2) is 7.02. The number of carbonyl (C=O) groups excluding carboxylic acids is 2. The molecule has 2 amide bonds. The Balaban J connectivity index is 1.61. The zero-order chi connectivity index (χ0) is 19.8. The number of amides is 2. The highest BCUT2D eigenvalue weighted by Crippen LogP contribution is 2.38. The Morgan fingerprint density at radius 1 is 0.828 bits per heavy atom. The molecule has 0 unspecified atom stereocenters. The largest absolute Gasteiger partial charge is 0.336 e. The van der Waals surface area contributed by atoms with Crippen molar-refractivity contribution in [2.24, 2.45) is 0 Å². The quantitative estimate of drug-likeness (QED) is 0.650. The van der Waals surface area contributed by atoms with Crippen LogP contribution in [-0.2, 0) is 22.6 Å². The number of nitrogens with zero attached hydrogens (tertiary/aromatic N) is 3. The lowest BCUT2D eigenvalue weighted by atomic mass is 10.0. The number of benzene rings is 2. The number of fused-ring (bicyclic) bond motifs is 1. The molecule has 2 aromatic carbocycles. The molecule has 0 aliphatic carbocycles. The van der Waals surface area contributed by atoms with Gasteiger partial charge >= 0.3 is 0 Å². The fourth-order valence-corrected chi connectivity index (χ4v) is 4.06. The first-order valence-electron chi connectivity index (χ1n) is 9.64. The molecule has 0 fully saturated rings. The molecule has 0 radical (unpaired) electrons. The van der Waals surface area contributed by atoms with E-state index in [1.54, 1.807) is 12.4 Å². The van der Waals surface area contributed by atoms with Gasteiger partial charge in [0.2, 0.25) is 0 Å². The normalized spacial score (nSPS) is 16.0. The van der Waals surface area contributed by atoms with E-state index < -0.39 is 0 Å². The van der Waals surface area contributed by atoms with E-state index in [9.17, 15) is 9.59 Å². The Kier molecular flexibility index (Phi) is 4.21. The average Bonchev–Trinajstić information content (AvgIpc) is 3.29. The number of imide groups is 1. The lowest BCUT2D eigenvalue weighted by molar-refractivity contribution is -0.137. The lowest BCUT2D eigenvalue weighted by Gasteiger charge is -2.21. The van der Waals surface area contributed by atoms with Crippen LogP contribution in [0.15, 0.2) is 84.8 Å². The highest BCUT2D eigenvalue weighted by Gasteiger charge is 2.43. The van der Waals surface area contributed by atoms with Gasteiger partial charge in [0.25, 0.3) is 11.8 Å². The number of aromatic nitrogens is 1. The van der Waals surface area contributed by atoms with Crippen LogP contribution in [0.25, 0.3) is 5.57 Å². The third kappa shape index (κ3) is 2.91. The highest BCUT2D eigenvalue weighted by molar-refractivity contribution is 6.36. The van der Waals surface area contributed by atoms with Crippen molar-refractivity contribution in [3.63, 3.8) is 0 Å². The van der Waals surface area contributed by atoms with E-state index in [0.717, 1.165) is 23.2 Å². The van der Waals surface area contributed by atoms with Gasteiger partial charge in [0.05, 0.1) is 12.1 Å². The second-order valence-electron chi connectivity index (χ2n) is 7.17. The fourth-order valence-electron chi connectivity index (χ4n) is 4.06. The summed E-state index contributed by atoms with van der Waals surface area (Å²) in [5.41, 5.74) is 4.78. The van der Waals surface area contributed by atoms with Gasteiger partial charge in [-0.25, -0.2) is 0 Å². The molecule has 0 N–H and O–H groups in total. The van der Waals surface area contributed by atoms with Crippen LogP contribution in [0.2, 0.25) is 0 Å². The van der Waals surface area contributed by atoms with Crippen LogP contribution < -0.4 is 4.90 Å². The summed E-state index contributed by atoms with van der Waals surface area (Å²) in [5, 5.41) is 0.